The first-order valence-electron chi connectivity index (χ1n) is 8.41. The summed E-state index contributed by atoms with van der Waals surface area (Å²) in [4.78, 5) is 0. The van der Waals surface area contributed by atoms with Gasteiger partial charge in [-0.1, -0.05) is 86.1 Å². The van der Waals surface area contributed by atoms with Gasteiger partial charge in [0.15, 0.2) is 0 Å². The van der Waals surface area contributed by atoms with Gasteiger partial charge < -0.3 is 0 Å². The van der Waals surface area contributed by atoms with Gasteiger partial charge in [-0.05, 0) is 41.2 Å². The van der Waals surface area contributed by atoms with Gasteiger partial charge in [0, 0.05) is 0 Å². The lowest BCUT2D eigenvalue weighted by Gasteiger charge is -2.43. The van der Waals surface area contributed by atoms with Crippen LogP contribution in [0, 0.1) is 17.3 Å². The normalized spacial score (nSPS) is 29.5. The molecule has 0 saturated heterocycles. The number of hydrogen-bond acceptors (Lipinski definition) is 0. The van der Waals surface area contributed by atoms with Crippen molar-refractivity contribution in [2.24, 2.45) is 17.3 Å². The van der Waals surface area contributed by atoms with E-state index in [2.05, 4.69) is 60.8 Å². The van der Waals surface area contributed by atoms with Gasteiger partial charge in [0.25, 0.3) is 0 Å². The summed E-state index contributed by atoms with van der Waals surface area (Å²) in [7, 11) is 0. The second kappa shape index (κ2) is 9.21. The van der Waals surface area contributed by atoms with Crippen LogP contribution in [-0.4, -0.2) is 0 Å². The molecule has 0 N–H and O–H groups in total. The van der Waals surface area contributed by atoms with Crippen LogP contribution in [0.3, 0.4) is 0 Å². The average molecular weight is 277 g/mol. The quantitative estimate of drug-likeness (QED) is 0.510. The third kappa shape index (κ3) is 4.65. The van der Waals surface area contributed by atoms with Crippen molar-refractivity contribution in [2.45, 2.75) is 73.6 Å². The van der Waals surface area contributed by atoms with Gasteiger partial charge in [0.2, 0.25) is 0 Å². The van der Waals surface area contributed by atoms with Gasteiger partial charge in [-0.15, -0.1) is 0 Å². The number of hydrogen-bond donors (Lipinski definition) is 0. The highest BCUT2D eigenvalue weighted by Crippen LogP contribution is 2.49. The Hall–Kier alpha value is -0.780. The fourth-order valence-corrected chi connectivity index (χ4v) is 3.35. The minimum Gasteiger partial charge on any atom is -0.0988 e. The van der Waals surface area contributed by atoms with Crippen molar-refractivity contribution in [2.75, 3.05) is 0 Å². The van der Waals surface area contributed by atoms with Crippen LogP contribution in [0.5, 0.6) is 0 Å². The minimum absolute atomic E-state index is 0.311. The van der Waals surface area contributed by atoms with Crippen molar-refractivity contribution in [1.82, 2.24) is 0 Å². The summed E-state index contributed by atoms with van der Waals surface area (Å²) in [6.45, 7) is 21.7. The number of allylic oxidation sites excluding steroid dienone is 4. The van der Waals surface area contributed by atoms with E-state index < -0.39 is 0 Å². The van der Waals surface area contributed by atoms with E-state index in [1.54, 1.807) is 0 Å². The smallest absolute Gasteiger partial charge is 0.00700 e. The summed E-state index contributed by atoms with van der Waals surface area (Å²) in [5.41, 5.74) is 3.17. The molecule has 0 nitrogen and oxygen atoms in total. The Morgan fingerprint density at radius 3 is 1.95 bits per heavy atom. The van der Waals surface area contributed by atoms with Crippen LogP contribution in [0.25, 0.3) is 0 Å². The van der Waals surface area contributed by atoms with Crippen LogP contribution in [0.15, 0.2) is 36.5 Å². The lowest BCUT2D eigenvalue weighted by molar-refractivity contribution is 0.224. The zero-order chi connectivity index (χ0) is 15.8. The second-order valence-electron chi connectivity index (χ2n) is 6.56. The molecule has 3 unspecified atom stereocenters. The molecule has 0 bridgehead atoms. The summed E-state index contributed by atoms with van der Waals surface area (Å²) >= 11 is 0. The van der Waals surface area contributed by atoms with Crippen LogP contribution >= 0.6 is 0 Å². The standard InChI is InChI=1S/C16H26.C4H10/c1-7-10-16(6)11-12(4)13(5)14(8-2)15(16)9-3;1-3-4-2/h8-9,12-13H,2-3,7,10-11H2,1,4-6H3;3-4H2,1-2H3. The third-order valence-electron chi connectivity index (χ3n) is 4.80. The molecule has 20 heavy (non-hydrogen) atoms. The van der Waals surface area contributed by atoms with Gasteiger partial charge in [-0.25, -0.2) is 0 Å². The Morgan fingerprint density at radius 1 is 1.05 bits per heavy atom. The van der Waals surface area contributed by atoms with E-state index in [9.17, 15) is 0 Å². The Kier molecular flexibility index (Phi) is 8.85. The van der Waals surface area contributed by atoms with Crippen molar-refractivity contribution in [1.29, 1.82) is 0 Å². The Labute approximate surface area is 128 Å². The van der Waals surface area contributed by atoms with Gasteiger partial charge in [-0.3, -0.25) is 0 Å². The van der Waals surface area contributed by atoms with E-state index in [-0.39, 0.29) is 0 Å². The highest BCUT2D eigenvalue weighted by atomic mass is 14.4. The predicted octanol–water partition coefficient (Wildman–Crippen LogP) is 6.94. The van der Waals surface area contributed by atoms with E-state index in [0.29, 0.717) is 11.3 Å². The first-order chi connectivity index (χ1) is 9.41. The van der Waals surface area contributed by atoms with Gasteiger partial charge in [0.1, 0.15) is 0 Å². The Balaban J connectivity index is 0.000000796. The average Bonchev–Trinajstić information content (AvgIpc) is 2.42. The molecule has 0 aromatic rings. The molecular formula is C20H36. The summed E-state index contributed by atoms with van der Waals surface area (Å²) in [6, 6.07) is 0. The maximum absolute atomic E-state index is 4.01. The highest BCUT2D eigenvalue weighted by Gasteiger charge is 2.37. The van der Waals surface area contributed by atoms with Crippen LogP contribution in [0.4, 0.5) is 0 Å². The minimum atomic E-state index is 0.311. The maximum atomic E-state index is 4.01. The molecule has 1 aliphatic rings. The zero-order valence-electron chi connectivity index (χ0n) is 14.8. The highest BCUT2D eigenvalue weighted by molar-refractivity contribution is 5.40. The van der Waals surface area contributed by atoms with Crippen molar-refractivity contribution in [3.05, 3.63) is 36.5 Å². The fraction of sp³-hybridized carbons (Fsp3) is 0.700. The lowest BCUT2D eigenvalue weighted by atomic mass is 9.62. The Bertz CT molecular complexity index is 332. The topological polar surface area (TPSA) is 0 Å². The van der Waals surface area contributed by atoms with Crippen molar-refractivity contribution in [3.8, 4) is 0 Å². The maximum Gasteiger partial charge on any atom is -0.00700 e. The Morgan fingerprint density at radius 2 is 1.60 bits per heavy atom. The monoisotopic (exact) mass is 276 g/mol. The van der Waals surface area contributed by atoms with Crippen molar-refractivity contribution < 1.29 is 0 Å². The number of unbranched alkanes of at least 4 members (excludes halogenated alkanes) is 1. The largest absolute Gasteiger partial charge is 0.0988 e. The van der Waals surface area contributed by atoms with E-state index in [4.69, 9.17) is 0 Å². The molecule has 0 amide bonds. The van der Waals surface area contributed by atoms with Gasteiger partial charge >= 0.3 is 0 Å². The molecule has 116 valence electrons. The van der Waals surface area contributed by atoms with Gasteiger partial charge in [0.05, 0.1) is 0 Å². The molecule has 0 aromatic carbocycles. The van der Waals surface area contributed by atoms with Crippen LogP contribution in [0.2, 0.25) is 0 Å². The second-order valence-corrected chi connectivity index (χ2v) is 6.56. The summed E-state index contributed by atoms with van der Waals surface area (Å²) in [5, 5.41) is 0. The fourth-order valence-electron chi connectivity index (χ4n) is 3.35. The van der Waals surface area contributed by atoms with E-state index in [0.717, 1.165) is 5.92 Å². The molecule has 0 spiro atoms. The summed E-state index contributed by atoms with van der Waals surface area (Å²) in [6.07, 6.45) is 10.5. The SMILES string of the molecule is C=CC1=C(C=C)C(C)(CCC)CC(C)C1C.CCCC. The summed E-state index contributed by atoms with van der Waals surface area (Å²) in [5.74, 6) is 1.36. The predicted molar refractivity (Wildman–Crippen MR) is 94.0 cm³/mol. The first-order valence-corrected chi connectivity index (χ1v) is 8.41. The molecule has 1 aliphatic carbocycles. The summed E-state index contributed by atoms with van der Waals surface area (Å²) < 4.78 is 0. The molecule has 0 heterocycles. The molecule has 0 aliphatic heterocycles. The molecule has 0 heteroatoms. The molecule has 0 fully saturated rings. The van der Waals surface area contributed by atoms with Crippen LogP contribution in [-0.2, 0) is 0 Å². The first kappa shape index (κ1) is 19.2. The van der Waals surface area contributed by atoms with Crippen molar-refractivity contribution >= 4 is 0 Å². The van der Waals surface area contributed by atoms with Crippen molar-refractivity contribution in [3.63, 3.8) is 0 Å². The van der Waals surface area contributed by atoms with Gasteiger partial charge in [-0.2, -0.15) is 0 Å². The zero-order valence-corrected chi connectivity index (χ0v) is 14.8. The molecule has 1 rings (SSSR count). The lowest BCUT2D eigenvalue weighted by Crippen LogP contribution is -2.31. The molecule has 0 aromatic heterocycles. The molecular weight excluding hydrogens is 240 g/mol. The van der Waals surface area contributed by atoms with E-state index in [1.165, 1.54) is 43.3 Å². The van der Waals surface area contributed by atoms with E-state index in [1.807, 2.05) is 6.08 Å². The number of rotatable bonds is 5. The third-order valence-corrected chi connectivity index (χ3v) is 4.80. The molecule has 3 atom stereocenters. The van der Waals surface area contributed by atoms with Crippen LogP contribution in [0.1, 0.15) is 73.6 Å². The molecule has 0 saturated carbocycles. The molecule has 0 radical (unpaired) electrons. The van der Waals surface area contributed by atoms with Crippen LogP contribution < -0.4 is 0 Å². The van der Waals surface area contributed by atoms with E-state index >= 15 is 0 Å².